The van der Waals surface area contributed by atoms with Gasteiger partial charge in [-0.05, 0) is 23.6 Å². The van der Waals surface area contributed by atoms with Crippen LogP contribution in [0.25, 0.3) is 0 Å². The highest BCUT2D eigenvalue weighted by Crippen LogP contribution is 2.41. The van der Waals surface area contributed by atoms with Crippen LogP contribution in [0.2, 0.25) is 0 Å². The average molecular weight is 293 g/mol. The van der Waals surface area contributed by atoms with E-state index in [2.05, 4.69) is 24.3 Å². The molecule has 1 saturated heterocycles. The molecule has 0 unspecified atom stereocenters. The maximum Gasteiger partial charge on any atom is 0.229 e. The minimum Gasteiger partial charge on any atom is -0.353 e. The van der Waals surface area contributed by atoms with Crippen LogP contribution in [0.4, 0.5) is 0 Å². The van der Waals surface area contributed by atoms with E-state index in [1.54, 1.807) is 0 Å². The third-order valence-electron chi connectivity index (χ3n) is 4.80. The molecule has 2 aliphatic rings. The molecule has 0 aliphatic carbocycles. The van der Waals surface area contributed by atoms with Crippen LogP contribution >= 0.6 is 0 Å². The molecule has 112 valence electrons. The first-order chi connectivity index (χ1) is 10.7. The lowest BCUT2D eigenvalue weighted by Crippen LogP contribution is -2.47. The predicted octanol–water partition coefficient (Wildman–Crippen LogP) is 3.10. The van der Waals surface area contributed by atoms with Crippen molar-refractivity contribution in [2.45, 2.75) is 31.5 Å². The van der Waals surface area contributed by atoms with Crippen LogP contribution in [0.15, 0.2) is 54.6 Å². The molecule has 1 amide bonds. The van der Waals surface area contributed by atoms with E-state index in [0.29, 0.717) is 13.0 Å². The van der Waals surface area contributed by atoms with Crippen LogP contribution in [0.5, 0.6) is 0 Å². The van der Waals surface area contributed by atoms with Gasteiger partial charge in [0.05, 0.1) is 19.1 Å². The van der Waals surface area contributed by atoms with E-state index in [-0.39, 0.29) is 11.9 Å². The van der Waals surface area contributed by atoms with E-state index < -0.39 is 5.72 Å². The molecule has 3 nitrogen and oxygen atoms in total. The van der Waals surface area contributed by atoms with E-state index >= 15 is 0 Å². The standard InChI is InChI=1S/C19H19NO2/c1-19-12-16-10-6-5-9-15(16)11-18(21)20(19)17(13-22-19)14-7-3-2-4-8-14/h2-10,17H,11-13H2,1H3/t17-,19-/m0/s1. The smallest absolute Gasteiger partial charge is 0.229 e. The SMILES string of the molecule is C[C@]12Cc3ccccc3CC(=O)N1[C@H](c1ccccc1)CO2. The Morgan fingerprint density at radius 1 is 1.05 bits per heavy atom. The van der Waals surface area contributed by atoms with Crippen molar-refractivity contribution < 1.29 is 9.53 Å². The zero-order chi connectivity index (χ0) is 15.2. The van der Waals surface area contributed by atoms with Gasteiger partial charge in [-0.3, -0.25) is 4.79 Å². The van der Waals surface area contributed by atoms with Crippen LogP contribution in [0.1, 0.15) is 29.7 Å². The number of hydrogen-bond acceptors (Lipinski definition) is 2. The molecule has 2 atom stereocenters. The minimum atomic E-state index is -0.551. The monoisotopic (exact) mass is 293 g/mol. The fourth-order valence-electron chi connectivity index (χ4n) is 3.73. The second kappa shape index (κ2) is 4.96. The molecule has 0 aromatic heterocycles. The lowest BCUT2D eigenvalue weighted by atomic mass is 9.99. The summed E-state index contributed by atoms with van der Waals surface area (Å²) >= 11 is 0. The Morgan fingerprint density at radius 2 is 1.73 bits per heavy atom. The van der Waals surface area contributed by atoms with Gasteiger partial charge in [0.25, 0.3) is 0 Å². The van der Waals surface area contributed by atoms with Gasteiger partial charge in [-0.1, -0.05) is 54.6 Å². The number of fused-ring (bicyclic) bond motifs is 2. The van der Waals surface area contributed by atoms with Crippen LogP contribution in [0, 0.1) is 0 Å². The van der Waals surface area contributed by atoms with Gasteiger partial charge in [0, 0.05) is 6.42 Å². The van der Waals surface area contributed by atoms with E-state index in [1.165, 1.54) is 5.56 Å². The van der Waals surface area contributed by atoms with Crippen molar-refractivity contribution in [2.75, 3.05) is 6.61 Å². The first-order valence-corrected chi connectivity index (χ1v) is 7.75. The first kappa shape index (κ1) is 13.5. The minimum absolute atomic E-state index is 0.00742. The molecule has 0 bridgehead atoms. The van der Waals surface area contributed by atoms with E-state index in [0.717, 1.165) is 17.5 Å². The van der Waals surface area contributed by atoms with Gasteiger partial charge in [-0.2, -0.15) is 0 Å². The van der Waals surface area contributed by atoms with Crippen molar-refractivity contribution in [3.63, 3.8) is 0 Å². The molecule has 0 radical (unpaired) electrons. The first-order valence-electron chi connectivity index (χ1n) is 7.75. The lowest BCUT2D eigenvalue weighted by Gasteiger charge is -2.35. The summed E-state index contributed by atoms with van der Waals surface area (Å²) in [4.78, 5) is 14.9. The Balaban J connectivity index is 1.76. The summed E-state index contributed by atoms with van der Waals surface area (Å²) in [5.41, 5.74) is 2.93. The zero-order valence-electron chi connectivity index (χ0n) is 12.7. The van der Waals surface area contributed by atoms with Crippen molar-refractivity contribution in [3.8, 4) is 0 Å². The number of ether oxygens (including phenoxy) is 1. The molecule has 1 fully saturated rings. The Morgan fingerprint density at radius 3 is 2.50 bits per heavy atom. The molecule has 0 spiro atoms. The van der Waals surface area contributed by atoms with E-state index in [9.17, 15) is 4.79 Å². The number of rotatable bonds is 1. The summed E-state index contributed by atoms with van der Waals surface area (Å²) < 4.78 is 6.12. The summed E-state index contributed by atoms with van der Waals surface area (Å²) in [5, 5.41) is 0. The van der Waals surface area contributed by atoms with Gasteiger partial charge < -0.3 is 9.64 Å². The van der Waals surface area contributed by atoms with Crippen LogP contribution in [0.3, 0.4) is 0 Å². The van der Waals surface area contributed by atoms with Gasteiger partial charge in [-0.25, -0.2) is 0 Å². The predicted molar refractivity (Wildman–Crippen MR) is 84.2 cm³/mol. The Hall–Kier alpha value is -2.13. The largest absolute Gasteiger partial charge is 0.353 e. The number of carbonyl (C=O) groups excluding carboxylic acids is 1. The van der Waals surface area contributed by atoms with Crippen molar-refractivity contribution in [1.82, 2.24) is 4.90 Å². The molecule has 0 N–H and O–H groups in total. The molecule has 22 heavy (non-hydrogen) atoms. The van der Waals surface area contributed by atoms with Gasteiger partial charge >= 0.3 is 0 Å². The van der Waals surface area contributed by atoms with Gasteiger partial charge in [0.15, 0.2) is 0 Å². The van der Waals surface area contributed by atoms with Crippen molar-refractivity contribution in [3.05, 3.63) is 71.3 Å². The van der Waals surface area contributed by atoms with Crippen molar-refractivity contribution in [2.24, 2.45) is 0 Å². The number of hydrogen-bond donors (Lipinski definition) is 0. The molecule has 2 heterocycles. The third-order valence-corrected chi connectivity index (χ3v) is 4.80. The quantitative estimate of drug-likeness (QED) is 0.808. The van der Waals surface area contributed by atoms with E-state index in [1.807, 2.05) is 42.2 Å². The number of amides is 1. The molecule has 2 aromatic carbocycles. The lowest BCUT2D eigenvalue weighted by molar-refractivity contribution is -0.146. The Kier molecular flexibility index (Phi) is 3.05. The summed E-state index contributed by atoms with van der Waals surface area (Å²) in [5.74, 6) is 0.152. The highest BCUT2D eigenvalue weighted by Gasteiger charge is 2.48. The Bertz CT molecular complexity index is 712. The summed E-state index contributed by atoms with van der Waals surface area (Å²) in [6, 6.07) is 18.4. The maximum absolute atomic E-state index is 12.9. The summed E-state index contributed by atoms with van der Waals surface area (Å²) in [6.07, 6.45) is 1.21. The fraction of sp³-hybridized carbons (Fsp3) is 0.316. The van der Waals surface area contributed by atoms with Crippen LogP contribution < -0.4 is 0 Å². The molecule has 4 rings (SSSR count). The molecular formula is C19H19NO2. The highest BCUT2D eigenvalue weighted by atomic mass is 16.5. The third kappa shape index (κ3) is 2.04. The summed E-state index contributed by atoms with van der Waals surface area (Å²) in [6.45, 7) is 2.60. The van der Waals surface area contributed by atoms with Crippen molar-refractivity contribution >= 4 is 5.91 Å². The van der Waals surface area contributed by atoms with Crippen LogP contribution in [-0.4, -0.2) is 23.1 Å². The maximum atomic E-state index is 12.9. The molecular weight excluding hydrogens is 274 g/mol. The summed E-state index contributed by atoms with van der Waals surface area (Å²) in [7, 11) is 0. The zero-order valence-corrected chi connectivity index (χ0v) is 12.7. The number of nitrogens with zero attached hydrogens (tertiary/aromatic N) is 1. The average Bonchev–Trinajstić information content (AvgIpc) is 2.82. The molecule has 2 aromatic rings. The van der Waals surface area contributed by atoms with Crippen molar-refractivity contribution in [1.29, 1.82) is 0 Å². The molecule has 3 heteroatoms. The van der Waals surface area contributed by atoms with Gasteiger partial charge in [-0.15, -0.1) is 0 Å². The molecule has 2 aliphatic heterocycles. The Labute approximate surface area is 130 Å². The van der Waals surface area contributed by atoms with Gasteiger partial charge in [0.2, 0.25) is 5.91 Å². The second-order valence-corrected chi connectivity index (χ2v) is 6.30. The highest BCUT2D eigenvalue weighted by molar-refractivity contribution is 5.81. The van der Waals surface area contributed by atoms with E-state index in [4.69, 9.17) is 4.74 Å². The fourth-order valence-corrected chi connectivity index (χ4v) is 3.73. The number of benzene rings is 2. The topological polar surface area (TPSA) is 29.5 Å². The second-order valence-electron chi connectivity index (χ2n) is 6.30. The molecule has 0 saturated carbocycles. The number of carbonyl (C=O) groups is 1. The van der Waals surface area contributed by atoms with Crippen LogP contribution in [-0.2, 0) is 22.4 Å². The normalized spacial score (nSPS) is 27.2. The van der Waals surface area contributed by atoms with Gasteiger partial charge in [0.1, 0.15) is 5.72 Å².